The molecule has 0 spiro atoms. The normalized spacial score (nSPS) is 19.6. The Bertz CT molecular complexity index is 417. The molecule has 3 heteroatoms. The predicted molar refractivity (Wildman–Crippen MR) is 57.7 cm³/mol. The fourth-order valence-electron chi connectivity index (χ4n) is 2.20. The van der Waals surface area contributed by atoms with Crippen molar-refractivity contribution in [1.29, 1.82) is 0 Å². The first-order valence-electron chi connectivity index (χ1n) is 5.31. The Labute approximate surface area is 92.8 Å². The van der Waals surface area contributed by atoms with Crippen LogP contribution in [0.5, 0.6) is 0 Å². The van der Waals surface area contributed by atoms with Crippen molar-refractivity contribution in [2.45, 2.75) is 19.3 Å². The van der Waals surface area contributed by atoms with Gasteiger partial charge in [-0.3, -0.25) is 0 Å². The summed E-state index contributed by atoms with van der Waals surface area (Å²) in [6.45, 7) is 0. The summed E-state index contributed by atoms with van der Waals surface area (Å²) in [5.74, 6) is -1.04. The molecular weight excluding hydrogens is 210 g/mol. The zero-order chi connectivity index (χ0) is 11.5. The van der Waals surface area contributed by atoms with Gasteiger partial charge in [-0.05, 0) is 42.0 Å². The van der Waals surface area contributed by atoms with Crippen LogP contribution in [0.1, 0.15) is 24.8 Å². The van der Waals surface area contributed by atoms with Gasteiger partial charge in [-0.1, -0.05) is 6.08 Å². The molecule has 0 saturated carbocycles. The second kappa shape index (κ2) is 4.56. The van der Waals surface area contributed by atoms with Gasteiger partial charge < -0.3 is 4.79 Å². The molecule has 0 heterocycles. The maximum absolute atomic E-state index is 13.1. The molecule has 0 saturated heterocycles. The van der Waals surface area contributed by atoms with Gasteiger partial charge in [0.25, 0.3) is 0 Å². The highest BCUT2D eigenvalue weighted by Crippen LogP contribution is 2.35. The molecule has 0 aromatic heterocycles. The van der Waals surface area contributed by atoms with Gasteiger partial charge in [-0.25, -0.2) is 8.78 Å². The molecule has 84 valence electrons. The van der Waals surface area contributed by atoms with E-state index in [9.17, 15) is 13.6 Å². The highest BCUT2D eigenvalue weighted by Gasteiger charge is 2.20. The van der Waals surface area contributed by atoms with Crippen LogP contribution in [0.4, 0.5) is 8.78 Å². The number of benzene rings is 1. The maximum Gasteiger partial charge on any atom is 0.126 e. The zero-order valence-electron chi connectivity index (χ0n) is 8.75. The largest absolute Gasteiger partial charge is 0.303 e. The fourth-order valence-corrected chi connectivity index (χ4v) is 2.20. The number of halogens is 2. The van der Waals surface area contributed by atoms with Crippen molar-refractivity contribution in [1.82, 2.24) is 0 Å². The average Bonchev–Trinajstić information content (AvgIpc) is 2.65. The smallest absolute Gasteiger partial charge is 0.126 e. The van der Waals surface area contributed by atoms with Crippen molar-refractivity contribution < 1.29 is 13.6 Å². The van der Waals surface area contributed by atoms with Crippen LogP contribution >= 0.6 is 0 Å². The molecule has 1 atom stereocenters. The number of aldehydes is 1. The number of hydrogen-bond donors (Lipinski definition) is 0. The Morgan fingerprint density at radius 1 is 1.25 bits per heavy atom. The lowest BCUT2D eigenvalue weighted by atomic mass is 9.92. The summed E-state index contributed by atoms with van der Waals surface area (Å²) in [4.78, 5) is 10.5. The summed E-state index contributed by atoms with van der Waals surface area (Å²) in [5.41, 5.74) is 1.45. The van der Waals surface area contributed by atoms with Gasteiger partial charge in [-0.15, -0.1) is 0 Å². The second-order valence-corrected chi connectivity index (χ2v) is 3.99. The Balaban J connectivity index is 2.32. The van der Waals surface area contributed by atoms with E-state index in [1.54, 1.807) is 0 Å². The van der Waals surface area contributed by atoms with E-state index in [0.29, 0.717) is 12.0 Å². The number of carbonyl (C=O) groups is 1. The molecular formula is C13H12F2O. The lowest BCUT2D eigenvalue weighted by Crippen LogP contribution is -2.00. The highest BCUT2D eigenvalue weighted by atomic mass is 19.1. The first-order chi connectivity index (χ1) is 7.70. The van der Waals surface area contributed by atoms with Crippen molar-refractivity contribution in [3.05, 3.63) is 41.5 Å². The van der Waals surface area contributed by atoms with E-state index >= 15 is 0 Å². The van der Waals surface area contributed by atoms with E-state index in [2.05, 4.69) is 0 Å². The van der Waals surface area contributed by atoms with Crippen LogP contribution in [0.3, 0.4) is 0 Å². The first kappa shape index (κ1) is 11.0. The molecule has 1 aliphatic rings. The minimum atomic E-state index is -0.576. The van der Waals surface area contributed by atoms with E-state index < -0.39 is 11.6 Å². The molecule has 1 aromatic rings. The van der Waals surface area contributed by atoms with Crippen LogP contribution < -0.4 is 0 Å². The molecule has 0 bridgehead atoms. The Hall–Kier alpha value is -1.51. The van der Waals surface area contributed by atoms with E-state index in [-0.39, 0.29) is 5.92 Å². The van der Waals surface area contributed by atoms with Gasteiger partial charge in [0, 0.05) is 12.5 Å². The topological polar surface area (TPSA) is 17.1 Å². The van der Waals surface area contributed by atoms with Crippen LogP contribution in [0.15, 0.2) is 24.3 Å². The van der Waals surface area contributed by atoms with Crippen LogP contribution in [0.25, 0.3) is 5.57 Å². The molecule has 16 heavy (non-hydrogen) atoms. The summed E-state index contributed by atoms with van der Waals surface area (Å²) in [6, 6.07) is 3.49. The van der Waals surface area contributed by atoms with Crippen LogP contribution in [0.2, 0.25) is 0 Å². The summed E-state index contributed by atoms with van der Waals surface area (Å²) in [6.07, 6.45) is 4.99. The number of hydrogen-bond acceptors (Lipinski definition) is 1. The highest BCUT2D eigenvalue weighted by molar-refractivity contribution is 5.71. The SMILES string of the molecule is O=CCC1CCC=C1c1cc(F)cc(F)c1. The molecule has 1 aromatic carbocycles. The zero-order valence-corrected chi connectivity index (χ0v) is 8.75. The molecule has 1 nitrogen and oxygen atoms in total. The summed E-state index contributed by atoms with van der Waals surface area (Å²) >= 11 is 0. The van der Waals surface area contributed by atoms with Gasteiger partial charge in [0.1, 0.15) is 17.9 Å². The molecule has 0 fully saturated rings. The average molecular weight is 222 g/mol. The standard InChI is InChI=1S/C13H12F2O/c14-11-6-10(7-12(15)8-11)13-3-1-2-9(13)4-5-16/h3,5-9H,1-2,4H2. The summed E-state index contributed by atoms with van der Waals surface area (Å²) in [5, 5.41) is 0. The lowest BCUT2D eigenvalue weighted by molar-refractivity contribution is -0.108. The summed E-state index contributed by atoms with van der Waals surface area (Å²) in [7, 11) is 0. The lowest BCUT2D eigenvalue weighted by Gasteiger charge is -2.12. The Kier molecular flexibility index (Phi) is 3.13. The first-order valence-corrected chi connectivity index (χ1v) is 5.31. The quantitative estimate of drug-likeness (QED) is 0.717. The third kappa shape index (κ3) is 2.18. The number of allylic oxidation sites excluding steroid dienone is 2. The van der Waals surface area contributed by atoms with E-state index in [1.807, 2.05) is 6.08 Å². The summed E-state index contributed by atoms with van der Waals surface area (Å²) < 4.78 is 26.1. The van der Waals surface area contributed by atoms with E-state index in [4.69, 9.17) is 0 Å². The molecule has 0 N–H and O–H groups in total. The van der Waals surface area contributed by atoms with Crippen LogP contribution in [-0.2, 0) is 4.79 Å². The molecule has 2 rings (SSSR count). The molecule has 0 aliphatic heterocycles. The van der Waals surface area contributed by atoms with Crippen molar-refractivity contribution >= 4 is 11.9 Å². The Morgan fingerprint density at radius 3 is 2.56 bits per heavy atom. The van der Waals surface area contributed by atoms with Gasteiger partial charge in [0.15, 0.2) is 0 Å². The van der Waals surface area contributed by atoms with Crippen molar-refractivity contribution in [3.8, 4) is 0 Å². The monoisotopic (exact) mass is 222 g/mol. The fraction of sp³-hybridized carbons (Fsp3) is 0.308. The van der Waals surface area contributed by atoms with Crippen molar-refractivity contribution in [2.24, 2.45) is 5.92 Å². The number of carbonyl (C=O) groups excluding carboxylic acids is 1. The van der Waals surface area contributed by atoms with Gasteiger partial charge in [0.05, 0.1) is 0 Å². The van der Waals surface area contributed by atoms with Gasteiger partial charge in [-0.2, -0.15) is 0 Å². The second-order valence-electron chi connectivity index (χ2n) is 3.99. The predicted octanol–water partition coefficient (Wildman–Crippen LogP) is 3.35. The van der Waals surface area contributed by atoms with Gasteiger partial charge in [0.2, 0.25) is 0 Å². The van der Waals surface area contributed by atoms with Crippen LogP contribution in [0, 0.1) is 17.6 Å². The third-order valence-electron chi connectivity index (χ3n) is 2.90. The molecule has 1 unspecified atom stereocenters. The molecule has 0 radical (unpaired) electrons. The van der Waals surface area contributed by atoms with Crippen molar-refractivity contribution in [3.63, 3.8) is 0 Å². The van der Waals surface area contributed by atoms with Gasteiger partial charge >= 0.3 is 0 Å². The van der Waals surface area contributed by atoms with E-state index in [0.717, 1.165) is 30.8 Å². The van der Waals surface area contributed by atoms with Crippen molar-refractivity contribution in [2.75, 3.05) is 0 Å². The maximum atomic E-state index is 13.1. The minimum absolute atomic E-state index is 0.110. The third-order valence-corrected chi connectivity index (χ3v) is 2.90. The van der Waals surface area contributed by atoms with E-state index in [1.165, 1.54) is 12.1 Å². The molecule has 0 amide bonds. The Morgan fingerprint density at radius 2 is 1.94 bits per heavy atom. The molecule has 1 aliphatic carbocycles. The number of rotatable bonds is 3. The minimum Gasteiger partial charge on any atom is -0.303 e. The van der Waals surface area contributed by atoms with Crippen LogP contribution in [-0.4, -0.2) is 6.29 Å².